The van der Waals surface area contributed by atoms with Gasteiger partial charge < -0.3 is 0 Å². The van der Waals surface area contributed by atoms with E-state index in [0.717, 1.165) is 0 Å². The van der Waals surface area contributed by atoms with Crippen LogP contribution in [0.2, 0.25) is 0 Å². The summed E-state index contributed by atoms with van der Waals surface area (Å²) in [4.78, 5) is 0. The third-order valence-corrected chi connectivity index (χ3v) is 4.25. The highest BCUT2D eigenvalue weighted by molar-refractivity contribution is 7.97. The molecule has 0 spiro atoms. The van der Waals surface area contributed by atoms with Crippen molar-refractivity contribution >= 4 is 9.84 Å². The van der Waals surface area contributed by atoms with Crippen LogP contribution in [0.3, 0.4) is 0 Å². The zero-order valence-electron chi connectivity index (χ0n) is 8.10. The lowest BCUT2D eigenvalue weighted by atomic mass is 10.2. The highest BCUT2D eigenvalue weighted by Gasteiger charge is 2.32. The lowest BCUT2D eigenvalue weighted by Gasteiger charge is -2.18. The van der Waals surface area contributed by atoms with Crippen LogP contribution in [0.1, 0.15) is 12.8 Å². The summed E-state index contributed by atoms with van der Waals surface area (Å²) in [5.74, 6) is 0. The Morgan fingerprint density at radius 3 is 1.73 bits per heavy atom. The second-order valence-corrected chi connectivity index (χ2v) is 5.31. The van der Waals surface area contributed by atoms with Crippen molar-refractivity contribution < 1.29 is 8.42 Å². The average molecular weight is 218 g/mol. The molecule has 0 fully saturated rings. The van der Waals surface area contributed by atoms with Crippen molar-refractivity contribution in [3.63, 3.8) is 0 Å². The smallest absolute Gasteiger partial charge is 0.173 e. The molecule has 15 heavy (non-hydrogen) atoms. The van der Waals surface area contributed by atoms with E-state index in [0.29, 0.717) is 23.3 Å². The van der Waals surface area contributed by atoms with E-state index < -0.39 is 9.84 Å². The molecule has 0 aromatic carbocycles. The van der Waals surface area contributed by atoms with Crippen LogP contribution in [0.25, 0.3) is 0 Å². The molecule has 0 N–H and O–H groups in total. The van der Waals surface area contributed by atoms with Crippen molar-refractivity contribution in [1.82, 2.24) is 0 Å². The van der Waals surface area contributed by atoms with E-state index in [9.17, 15) is 8.42 Å². The Labute approximate surface area is 90.6 Å². The third kappa shape index (κ3) is 2.12. The van der Waals surface area contributed by atoms with Crippen LogP contribution in [0, 0.1) is 22.7 Å². The van der Waals surface area contributed by atoms with E-state index in [4.69, 9.17) is 0 Å². The van der Waals surface area contributed by atoms with Gasteiger partial charge >= 0.3 is 0 Å². The molecule has 0 heterocycles. The molecule has 2 nitrogen and oxygen atoms in total. The molecule has 3 heteroatoms. The van der Waals surface area contributed by atoms with Gasteiger partial charge in [0.2, 0.25) is 0 Å². The fraction of sp³-hybridized carbons (Fsp3) is 0.167. The summed E-state index contributed by atoms with van der Waals surface area (Å²) in [6.07, 6.45) is 16.5. The van der Waals surface area contributed by atoms with Crippen molar-refractivity contribution in [3.05, 3.63) is 59.1 Å². The molecule has 2 rings (SSSR count). The van der Waals surface area contributed by atoms with E-state index in [2.05, 4.69) is 12.2 Å². The molecular formula is C12H10O2S. The summed E-state index contributed by atoms with van der Waals surface area (Å²) < 4.78 is 24.1. The van der Waals surface area contributed by atoms with Gasteiger partial charge in [-0.1, -0.05) is 36.5 Å². The Morgan fingerprint density at radius 2 is 1.40 bits per heavy atom. The summed E-state index contributed by atoms with van der Waals surface area (Å²) in [6, 6.07) is 0. The summed E-state index contributed by atoms with van der Waals surface area (Å²) in [5, 5.41) is 0.882. The van der Waals surface area contributed by atoms with Gasteiger partial charge in [0.15, 0.2) is 9.84 Å². The number of hydrogen-bond donors (Lipinski definition) is 0. The monoisotopic (exact) mass is 218 g/mol. The van der Waals surface area contributed by atoms with Crippen molar-refractivity contribution in [2.24, 2.45) is 0 Å². The molecule has 4 radical (unpaired) electrons. The fourth-order valence-electron chi connectivity index (χ4n) is 1.44. The molecule has 0 amide bonds. The van der Waals surface area contributed by atoms with Gasteiger partial charge in [0.25, 0.3) is 0 Å². The minimum Gasteiger partial charge on any atom is -0.227 e. The van der Waals surface area contributed by atoms with Crippen molar-refractivity contribution in [1.29, 1.82) is 0 Å². The normalized spacial score (nSPS) is 22.4. The standard InChI is InChI=1S/C12H10O2S/c13-15(14,11-7-3-1-4-8-11)12-9-5-2-6-10-12/h3-7,9H,8,10H2. The molecule has 0 atom stereocenters. The second-order valence-electron chi connectivity index (χ2n) is 3.25. The van der Waals surface area contributed by atoms with Gasteiger partial charge in [0.05, 0.1) is 0 Å². The first-order valence-corrected chi connectivity index (χ1v) is 6.15. The SMILES string of the molecule is O=S(=O)([C]1C=C[C]=CC1)[C]1C=C[C]=CC1. The van der Waals surface area contributed by atoms with E-state index >= 15 is 0 Å². The Balaban J connectivity index is 2.19. The fourth-order valence-corrected chi connectivity index (χ4v) is 2.88. The zero-order valence-corrected chi connectivity index (χ0v) is 8.92. The van der Waals surface area contributed by atoms with Gasteiger partial charge in [-0.2, -0.15) is 0 Å². The molecule has 0 aliphatic heterocycles. The van der Waals surface area contributed by atoms with Crippen LogP contribution >= 0.6 is 0 Å². The van der Waals surface area contributed by atoms with Crippen LogP contribution in [0.15, 0.2) is 36.5 Å². The maximum atomic E-state index is 12.1. The third-order valence-electron chi connectivity index (χ3n) is 2.26. The second kappa shape index (κ2) is 4.19. The molecular weight excluding hydrogens is 208 g/mol. The predicted octanol–water partition coefficient (Wildman–Crippen LogP) is 2.10. The predicted molar refractivity (Wildman–Crippen MR) is 58.5 cm³/mol. The van der Waals surface area contributed by atoms with E-state index in [-0.39, 0.29) is 0 Å². The van der Waals surface area contributed by atoms with E-state index in [1.165, 1.54) is 0 Å². The number of allylic oxidation sites excluding steroid dienone is 6. The van der Waals surface area contributed by atoms with Crippen molar-refractivity contribution in [2.45, 2.75) is 12.8 Å². The van der Waals surface area contributed by atoms with E-state index in [1.54, 1.807) is 36.5 Å². The Kier molecular flexibility index (Phi) is 2.91. The summed E-state index contributed by atoms with van der Waals surface area (Å²) in [6.45, 7) is 0. The zero-order chi connectivity index (χ0) is 10.7. The number of rotatable bonds is 2. The highest BCUT2D eigenvalue weighted by Crippen LogP contribution is 2.32. The lowest BCUT2D eigenvalue weighted by Crippen LogP contribution is -2.19. The van der Waals surface area contributed by atoms with Crippen LogP contribution in [-0.2, 0) is 9.84 Å². The Bertz CT molecular complexity index is 402. The van der Waals surface area contributed by atoms with E-state index in [1.807, 2.05) is 0 Å². The van der Waals surface area contributed by atoms with Crippen molar-refractivity contribution in [3.8, 4) is 0 Å². The quantitative estimate of drug-likeness (QED) is 0.711. The maximum absolute atomic E-state index is 12.1. The summed E-state index contributed by atoms with van der Waals surface area (Å²) >= 11 is 0. The van der Waals surface area contributed by atoms with Gasteiger partial charge in [0, 0.05) is 0 Å². The topological polar surface area (TPSA) is 34.1 Å². The molecule has 0 unspecified atom stereocenters. The molecule has 0 bridgehead atoms. The molecule has 0 saturated heterocycles. The van der Waals surface area contributed by atoms with Crippen molar-refractivity contribution in [2.75, 3.05) is 0 Å². The van der Waals surface area contributed by atoms with Crippen LogP contribution in [0.4, 0.5) is 0 Å². The molecule has 0 aromatic heterocycles. The molecule has 2 aliphatic rings. The average Bonchev–Trinajstić information content (AvgIpc) is 2.31. The Hall–Kier alpha value is -1.09. The molecule has 0 saturated carbocycles. The number of hydrogen-bond acceptors (Lipinski definition) is 2. The Morgan fingerprint density at radius 1 is 0.933 bits per heavy atom. The first-order chi connectivity index (χ1) is 7.21. The van der Waals surface area contributed by atoms with Crippen LogP contribution < -0.4 is 0 Å². The number of sulfone groups is 1. The van der Waals surface area contributed by atoms with Gasteiger partial charge in [-0.3, -0.25) is 0 Å². The minimum atomic E-state index is -3.27. The lowest BCUT2D eigenvalue weighted by molar-refractivity contribution is 0.598. The van der Waals surface area contributed by atoms with Gasteiger partial charge in [-0.15, -0.1) is 0 Å². The van der Waals surface area contributed by atoms with Gasteiger partial charge in [-0.25, -0.2) is 8.42 Å². The van der Waals surface area contributed by atoms with Gasteiger partial charge in [0.1, 0.15) is 10.5 Å². The molecule has 0 aromatic rings. The first-order valence-electron chi connectivity index (χ1n) is 4.66. The van der Waals surface area contributed by atoms with Crippen LogP contribution in [0.5, 0.6) is 0 Å². The van der Waals surface area contributed by atoms with Gasteiger partial charge in [-0.05, 0) is 25.0 Å². The minimum absolute atomic E-state index is 0.434. The first kappa shape index (κ1) is 10.4. The van der Waals surface area contributed by atoms with Crippen LogP contribution in [-0.4, -0.2) is 8.42 Å². The largest absolute Gasteiger partial charge is 0.227 e. The highest BCUT2D eigenvalue weighted by atomic mass is 32.2. The summed E-state index contributed by atoms with van der Waals surface area (Å²) in [7, 11) is -3.27. The molecule has 76 valence electrons. The maximum Gasteiger partial charge on any atom is 0.173 e. The molecule has 2 aliphatic carbocycles. The summed E-state index contributed by atoms with van der Waals surface area (Å²) in [5.41, 5.74) is 0.